The number of hydrogen-bond donors (Lipinski definition) is 0. The van der Waals surface area contributed by atoms with Gasteiger partial charge in [0.1, 0.15) is 16.8 Å². The van der Waals surface area contributed by atoms with Crippen LogP contribution in [-0.4, -0.2) is 41.8 Å². The van der Waals surface area contributed by atoms with Crippen molar-refractivity contribution in [2.45, 2.75) is 6.42 Å². The molecule has 0 fully saturated rings. The summed E-state index contributed by atoms with van der Waals surface area (Å²) in [6.45, 7) is 0. The molecule has 0 aliphatic carbocycles. The summed E-state index contributed by atoms with van der Waals surface area (Å²) in [6, 6.07) is 16.6. The molecule has 4 aromatic rings. The van der Waals surface area contributed by atoms with Crippen molar-refractivity contribution in [1.82, 2.24) is 8.75 Å². The van der Waals surface area contributed by atoms with Gasteiger partial charge in [-0.1, -0.05) is 18.2 Å². The van der Waals surface area contributed by atoms with E-state index in [4.69, 9.17) is 14.2 Å². The summed E-state index contributed by atoms with van der Waals surface area (Å²) in [5, 5.41) is 12.4. The van der Waals surface area contributed by atoms with Crippen LogP contribution in [0, 0.1) is 0 Å². The number of ether oxygens (including phenoxy) is 3. The minimum absolute atomic E-state index is 0. The summed E-state index contributed by atoms with van der Waals surface area (Å²) in [6.07, 6.45) is 0.0494. The van der Waals surface area contributed by atoms with Crippen LogP contribution < -0.4 is 48.9 Å². The Morgan fingerprint density at radius 2 is 1.47 bits per heavy atom. The van der Waals surface area contributed by atoms with Gasteiger partial charge >= 0.3 is 29.6 Å². The number of nitrogens with zero attached hydrogens (tertiary/aromatic N) is 2. The van der Waals surface area contributed by atoms with E-state index in [0.717, 1.165) is 17.3 Å². The zero-order valence-corrected chi connectivity index (χ0v) is 23.0. The molecular formula is C26H21N2NaO6S. The van der Waals surface area contributed by atoms with Crippen molar-refractivity contribution in [2.24, 2.45) is 0 Å². The average molecular weight is 513 g/mol. The maximum absolute atomic E-state index is 13.8. The van der Waals surface area contributed by atoms with Crippen molar-refractivity contribution in [2.75, 3.05) is 21.3 Å². The van der Waals surface area contributed by atoms with E-state index in [2.05, 4.69) is 8.75 Å². The molecule has 178 valence electrons. The first-order chi connectivity index (χ1) is 16.9. The molecular weight excluding hydrogens is 491 g/mol. The van der Waals surface area contributed by atoms with Crippen LogP contribution in [0.4, 0.5) is 0 Å². The first-order valence-corrected chi connectivity index (χ1v) is 11.2. The molecule has 1 heterocycles. The van der Waals surface area contributed by atoms with Gasteiger partial charge in [-0.15, -0.1) is 0 Å². The van der Waals surface area contributed by atoms with Gasteiger partial charge in [0.15, 0.2) is 17.3 Å². The van der Waals surface area contributed by atoms with Gasteiger partial charge in [-0.25, -0.2) is 0 Å². The summed E-state index contributed by atoms with van der Waals surface area (Å²) in [7, 11) is 4.51. The van der Waals surface area contributed by atoms with E-state index >= 15 is 0 Å². The number of methoxy groups -OCH3 is 3. The zero-order valence-electron chi connectivity index (χ0n) is 20.2. The number of allylic oxidation sites excluding steroid dienone is 1. The fourth-order valence-corrected chi connectivity index (χ4v) is 4.25. The molecule has 0 radical (unpaired) electrons. The number of Topliss-reactive ketones (excluding diaryl/α,β-unsaturated/α-hetero) is 1. The van der Waals surface area contributed by atoms with Crippen molar-refractivity contribution < 1.29 is 58.5 Å². The number of carbonyl (C=O) groups excluding carboxylic acids is 2. The predicted octanol–water partition coefficient (Wildman–Crippen LogP) is 0.350. The van der Waals surface area contributed by atoms with Crippen molar-refractivity contribution in [3.05, 3.63) is 82.9 Å². The van der Waals surface area contributed by atoms with Crippen molar-refractivity contribution in [3.8, 4) is 17.2 Å². The van der Waals surface area contributed by atoms with Crippen LogP contribution in [0.5, 0.6) is 17.2 Å². The molecule has 0 spiro atoms. The number of fused-ring (bicyclic) bond motifs is 1. The van der Waals surface area contributed by atoms with Crippen LogP contribution in [0.25, 0.3) is 16.6 Å². The Kier molecular flexibility index (Phi) is 9.22. The molecule has 0 bridgehead atoms. The van der Waals surface area contributed by atoms with Gasteiger partial charge in [0, 0.05) is 23.1 Å². The summed E-state index contributed by atoms with van der Waals surface area (Å²) in [4.78, 5) is 26.2. The first-order valence-electron chi connectivity index (χ1n) is 10.5. The Morgan fingerprint density at radius 3 is 2.11 bits per heavy atom. The van der Waals surface area contributed by atoms with Gasteiger partial charge in [-0.3, -0.25) is 4.79 Å². The molecule has 0 amide bonds. The van der Waals surface area contributed by atoms with Crippen LogP contribution in [0.1, 0.15) is 21.5 Å². The largest absolute Gasteiger partial charge is 1.00 e. The number of benzene rings is 3. The van der Waals surface area contributed by atoms with Crippen LogP contribution in [0.3, 0.4) is 0 Å². The van der Waals surface area contributed by atoms with Gasteiger partial charge in [0.05, 0.1) is 39.0 Å². The van der Waals surface area contributed by atoms with Gasteiger partial charge in [-0.05, 0) is 53.6 Å². The van der Waals surface area contributed by atoms with E-state index in [9.17, 15) is 14.7 Å². The Balaban J connectivity index is 0.00000361. The molecule has 0 atom stereocenters. The molecule has 0 aliphatic heterocycles. The number of carbonyl (C=O) groups is 2. The third-order valence-corrected chi connectivity index (χ3v) is 6.06. The molecule has 0 aliphatic rings. The predicted molar refractivity (Wildman–Crippen MR) is 130 cm³/mol. The summed E-state index contributed by atoms with van der Waals surface area (Å²) in [5.74, 6) is -0.493. The van der Waals surface area contributed by atoms with Gasteiger partial charge in [-0.2, -0.15) is 8.75 Å². The smallest absolute Gasteiger partial charge is 0.545 e. The molecule has 1 aromatic heterocycles. The molecule has 0 N–H and O–H groups in total. The minimum Gasteiger partial charge on any atom is -0.545 e. The average Bonchev–Trinajstić information content (AvgIpc) is 3.35. The normalized spacial score (nSPS) is 11.3. The SMILES string of the molecule is COc1ccc(CC(C(=O)c2ccc(OC)c(OC)c2)=C(C(=O)[O-])c2ccc3nsnc3c2)cc1.[Na+]. The maximum atomic E-state index is 13.8. The number of ketones is 1. The second kappa shape index (κ2) is 12.1. The Bertz CT molecular complexity index is 1430. The number of carboxylic acid groups (broad SMARTS) is 1. The van der Waals surface area contributed by atoms with Crippen LogP contribution >= 0.6 is 11.7 Å². The van der Waals surface area contributed by atoms with Crippen LogP contribution in [0.2, 0.25) is 0 Å². The van der Waals surface area contributed by atoms with Crippen molar-refractivity contribution in [1.29, 1.82) is 0 Å². The minimum atomic E-state index is -1.47. The molecule has 4 rings (SSSR count). The fourth-order valence-electron chi connectivity index (χ4n) is 3.73. The zero-order chi connectivity index (χ0) is 24.9. The van der Waals surface area contributed by atoms with E-state index in [1.807, 2.05) is 0 Å². The second-order valence-electron chi connectivity index (χ2n) is 7.53. The van der Waals surface area contributed by atoms with Gasteiger partial charge in [0.2, 0.25) is 0 Å². The van der Waals surface area contributed by atoms with E-state index in [1.54, 1.807) is 61.7 Å². The number of rotatable bonds is 9. The van der Waals surface area contributed by atoms with Crippen molar-refractivity contribution in [3.63, 3.8) is 0 Å². The monoisotopic (exact) mass is 512 g/mol. The van der Waals surface area contributed by atoms with Crippen molar-refractivity contribution >= 4 is 40.1 Å². The number of carboxylic acids is 1. The van der Waals surface area contributed by atoms with E-state index in [-0.39, 0.29) is 52.7 Å². The molecule has 0 saturated carbocycles. The summed E-state index contributed by atoms with van der Waals surface area (Å²) in [5.41, 5.74) is 2.31. The quantitative estimate of drug-likeness (QED) is 0.180. The molecule has 36 heavy (non-hydrogen) atoms. The fraction of sp³-hybridized carbons (Fsp3) is 0.154. The first kappa shape index (κ1) is 27.3. The van der Waals surface area contributed by atoms with E-state index in [1.165, 1.54) is 20.3 Å². The summed E-state index contributed by atoms with van der Waals surface area (Å²) >= 11 is 1.02. The van der Waals surface area contributed by atoms with Gasteiger partial charge in [0.25, 0.3) is 0 Å². The Morgan fingerprint density at radius 1 is 0.806 bits per heavy atom. The standard InChI is InChI=1S/C26H22N2O6S.Na/c1-32-18-8-4-15(5-9-18)12-19(25(29)17-7-11-22(33-2)23(14-17)34-3)24(26(30)31)16-6-10-20-21(13-16)28-35-27-20;/h4-11,13-14H,12H2,1-3H3,(H,30,31);/q;+1/p-1. The molecule has 10 heteroatoms. The number of hydrogen-bond acceptors (Lipinski definition) is 9. The van der Waals surface area contributed by atoms with Crippen LogP contribution in [-0.2, 0) is 11.2 Å². The number of aromatic nitrogens is 2. The summed E-state index contributed by atoms with van der Waals surface area (Å²) < 4.78 is 24.2. The van der Waals surface area contributed by atoms with E-state index in [0.29, 0.717) is 33.8 Å². The van der Waals surface area contributed by atoms with Gasteiger partial charge < -0.3 is 24.1 Å². The molecule has 8 nitrogen and oxygen atoms in total. The Labute approximate surface area is 234 Å². The third-order valence-electron chi connectivity index (χ3n) is 5.51. The molecule has 3 aromatic carbocycles. The second-order valence-corrected chi connectivity index (χ2v) is 8.06. The topological polar surface area (TPSA) is 111 Å². The maximum Gasteiger partial charge on any atom is 1.00 e. The molecule has 0 unspecified atom stereocenters. The number of aliphatic carboxylic acids is 1. The van der Waals surface area contributed by atoms with Crippen LogP contribution in [0.15, 0.2) is 66.2 Å². The van der Waals surface area contributed by atoms with E-state index < -0.39 is 11.8 Å². The molecule has 0 saturated heterocycles. The third kappa shape index (κ3) is 5.76. The Hall–Kier alpha value is -3.24.